The highest BCUT2D eigenvalue weighted by Gasteiger charge is 2.21. The molecule has 0 aliphatic heterocycles. The van der Waals surface area contributed by atoms with Crippen molar-refractivity contribution in [1.29, 1.82) is 0 Å². The van der Waals surface area contributed by atoms with Gasteiger partial charge in [0.2, 0.25) is 5.82 Å². The molecule has 1 nitrogen and oxygen atoms in total. The highest BCUT2D eigenvalue weighted by Crippen LogP contribution is 2.37. The number of rotatable bonds is 5. The molecule has 1 aliphatic carbocycles. The SMILES string of the molecule is CCCc1ccc(C2=Cc3cc(F)c(-c4ccc(OC)c(F)c4F)cc3CC2)cc1. The van der Waals surface area contributed by atoms with E-state index in [1.54, 1.807) is 6.07 Å². The highest BCUT2D eigenvalue weighted by molar-refractivity contribution is 5.85. The lowest BCUT2D eigenvalue weighted by atomic mass is 9.86. The molecule has 0 radical (unpaired) electrons. The molecule has 4 heteroatoms. The molecule has 0 atom stereocenters. The van der Waals surface area contributed by atoms with Gasteiger partial charge in [0.05, 0.1) is 7.11 Å². The van der Waals surface area contributed by atoms with Gasteiger partial charge < -0.3 is 4.74 Å². The summed E-state index contributed by atoms with van der Waals surface area (Å²) in [6.45, 7) is 2.16. The third-order valence-electron chi connectivity index (χ3n) is 5.64. The molecule has 0 unspecified atom stereocenters. The second-order valence-corrected chi connectivity index (χ2v) is 7.59. The van der Waals surface area contributed by atoms with Crippen molar-refractivity contribution >= 4 is 11.6 Å². The molecule has 4 rings (SSSR count). The Bertz CT molecular complexity index is 1110. The highest BCUT2D eigenvalue weighted by atomic mass is 19.2. The molecule has 0 heterocycles. The van der Waals surface area contributed by atoms with E-state index in [4.69, 9.17) is 4.74 Å². The fourth-order valence-electron chi connectivity index (χ4n) is 4.02. The van der Waals surface area contributed by atoms with Crippen LogP contribution in [0.4, 0.5) is 13.2 Å². The van der Waals surface area contributed by atoms with Crippen molar-refractivity contribution in [2.24, 2.45) is 0 Å². The molecule has 3 aromatic carbocycles. The van der Waals surface area contributed by atoms with Crippen molar-refractivity contribution < 1.29 is 17.9 Å². The Balaban J connectivity index is 1.70. The Hall–Kier alpha value is -3.01. The first-order chi connectivity index (χ1) is 14.5. The summed E-state index contributed by atoms with van der Waals surface area (Å²) >= 11 is 0. The Kier molecular flexibility index (Phi) is 5.67. The topological polar surface area (TPSA) is 9.23 Å². The minimum Gasteiger partial charge on any atom is -0.494 e. The number of benzene rings is 3. The van der Waals surface area contributed by atoms with Crippen molar-refractivity contribution in [3.63, 3.8) is 0 Å². The number of hydrogen-bond acceptors (Lipinski definition) is 1. The maximum absolute atomic E-state index is 14.9. The maximum atomic E-state index is 14.9. The fraction of sp³-hybridized carbons (Fsp3) is 0.231. The third kappa shape index (κ3) is 3.74. The van der Waals surface area contributed by atoms with E-state index in [0.29, 0.717) is 6.42 Å². The molecule has 0 saturated heterocycles. The predicted octanol–water partition coefficient (Wildman–Crippen LogP) is 7.22. The second-order valence-electron chi connectivity index (χ2n) is 7.59. The summed E-state index contributed by atoms with van der Waals surface area (Å²) in [4.78, 5) is 0. The quantitative estimate of drug-likeness (QED) is 0.433. The number of halogens is 3. The lowest BCUT2D eigenvalue weighted by molar-refractivity contribution is 0.372. The van der Waals surface area contributed by atoms with Crippen LogP contribution in [-0.2, 0) is 12.8 Å². The summed E-state index contributed by atoms with van der Waals surface area (Å²) in [5.74, 6) is -2.99. The molecule has 0 saturated carbocycles. The Morgan fingerprint density at radius 1 is 0.867 bits per heavy atom. The Morgan fingerprint density at radius 2 is 1.63 bits per heavy atom. The van der Waals surface area contributed by atoms with E-state index < -0.39 is 17.5 Å². The number of hydrogen-bond donors (Lipinski definition) is 0. The van der Waals surface area contributed by atoms with Crippen LogP contribution < -0.4 is 4.74 Å². The van der Waals surface area contributed by atoms with E-state index in [-0.39, 0.29) is 16.9 Å². The number of fused-ring (bicyclic) bond motifs is 1. The van der Waals surface area contributed by atoms with Crippen LogP contribution in [0, 0.1) is 17.5 Å². The molecule has 3 aromatic rings. The summed E-state index contributed by atoms with van der Waals surface area (Å²) in [5, 5.41) is 0. The van der Waals surface area contributed by atoms with Gasteiger partial charge in [0.1, 0.15) is 5.82 Å². The van der Waals surface area contributed by atoms with Crippen LogP contribution in [-0.4, -0.2) is 7.11 Å². The standard InChI is InChI=1S/C26H23F3O/c1-3-4-16-5-7-17(8-6-16)18-9-10-19-14-22(23(27)15-20(19)13-18)21-11-12-24(30-2)26(29)25(21)28/h5-8,11-15H,3-4,9-10H2,1-2H3. The monoisotopic (exact) mass is 408 g/mol. The predicted molar refractivity (Wildman–Crippen MR) is 115 cm³/mol. The van der Waals surface area contributed by atoms with Gasteiger partial charge in [-0.25, -0.2) is 8.78 Å². The van der Waals surface area contributed by atoms with Crippen LogP contribution in [0.1, 0.15) is 42.0 Å². The van der Waals surface area contributed by atoms with Gasteiger partial charge in [-0.05, 0) is 71.4 Å². The summed E-state index contributed by atoms with van der Waals surface area (Å²) < 4.78 is 48.3. The summed E-state index contributed by atoms with van der Waals surface area (Å²) in [6.07, 6.45) is 5.68. The van der Waals surface area contributed by atoms with Crippen molar-refractivity contribution in [3.05, 3.63) is 88.2 Å². The lowest BCUT2D eigenvalue weighted by Crippen LogP contribution is -2.03. The van der Waals surface area contributed by atoms with Gasteiger partial charge >= 0.3 is 0 Å². The summed E-state index contributed by atoms with van der Waals surface area (Å²) in [7, 11) is 1.26. The molecular weight excluding hydrogens is 385 g/mol. The Labute approximate surface area is 174 Å². The normalized spacial score (nSPS) is 13.0. The van der Waals surface area contributed by atoms with Gasteiger partial charge in [-0.15, -0.1) is 0 Å². The molecule has 0 aromatic heterocycles. The molecule has 1 aliphatic rings. The molecule has 30 heavy (non-hydrogen) atoms. The van der Waals surface area contributed by atoms with Gasteiger partial charge in [0, 0.05) is 11.1 Å². The molecule has 154 valence electrons. The van der Waals surface area contributed by atoms with E-state index in [1.807, 2.05) is 6.08 Å². The van der Waals surface area contributed by atoms with Crippen LogP contribution in [0.5, 0.6) is 5.75 Å². The smallest absolute Gasteiger partial charge is 0.201 e. The van der Waals surface area contributed by atoms with Crippen LogP contribution in [0.2, 0.25) is 0 Å². The van der Waals surface area contributed by atoms with Gasteiger partial charge in [0.25, 0.3) is 0 Å². The number of aryl methyl sites for hydroxylation is 2. The number of ether oxygens (including phenoxy) is 1. The van der Waals surface area contributed by atoms with Crippen molar-refractivity contribution in [2.75, 3.05) is 7.11 Å². The van der Waals surface area contributed by atoms with E-state index in [0.717, 1.165) is 41.5 Å². The Morgan fingerprint density at radius 3 is 2.33 bits per heavy atom. The zero-order chi connectivity index (χ0) is 21.3. The van der Waals surface area contributed by atoms with Gasteiger partial charge in [-0.1, -0.05) is 43.7 Å². The second kappa shape index (κ2) is 8.39. The minimum atomic E-state index is -1.11. The van der Waals surface area contributed by atoms with E-state index >= 15 is 0 Å². The van der Waals surface area contributed by atoms with Gasteiger partial charge in [-0.2, -0.15) is 4.39 Å². The van der Waals surface area contributed by atoms with Crippen LogP contribution in [0.25, 0.3) is 22.8 Å². The first-order valence-electron chi connectivity index (χ1n) is 10.2. The number of methoxy groups -OCH3 is 1. The van der Waals surface area contributed by atoms with Crippen molar-refractivity contribution in [2.45, 2.75) is 32.6 Å². The van der Waals surface area contributed by atoms with Crippen LogP contribution in [0.15, 0.2) is 48.5 Å². The summed E-state index contributed by atoms with van der Waals surface area (Å²) in [6, 6.07) is 14.2. The van der Waals surface area contributed by atoms with Crippen molar-refractivity contribution in [1.82, 2.24) is 0 Å². The molecule has 0 N–H and O–H groups in total. The van der Waals surface area contributed by atoms with E-state index in [1.165, 1.54) is 30.9 Å². The minimum absolute atomic E-state index is 0.0635. The molecule has 0 bridgehead atoms. The lowest BCUT2D eigenvalue weighted by Gasteiger charge is -2.19. The molecule has 0 fully saturated rings. The van der Waals surface area contributed by atoms with Crippen molar-refractivity contribution in [3.8, 4) is 16.9 Å². The van der Waals surface area contributed by atoms with E-state index in [2.05, 4.69) is 31.2 Å². The fourth-order valence-corrected chi connectivity index (χ4v) is 4.02. The third-order valence-corrected chi connectivity index (χ3v) is 5.64. The maximum Gasteiger partial charge on any atom is 0.201 e. The van der Waals surface area contributed by atoms with Gasteiger partial charge in [-0.3, -0.25) is 0 Å². The van der Waals surface area contributed by atoms with E-state index in [9.17, 15) is 13.2 Å². The molecule has 0 spiro atoms. The van der Waals surface area contributed by atoms with Crippen LogP contribution in [0.3, 0.4) is 0 Å². The largest absolute Gasteiger partial charge is 0.494 e. The average molecular weight is 408 g/mol. The molecule has 0 amide bonds. The van der Waals surface area contributed by atoms with Gasteiger partial charge in [0.15, 0.2) is 11.6 Å². The molecular formula is C26H23F3O. The zero-order valence-corrected chi connectivity index (χ0v) is 17.1. The first kappa shape index (κ1) is 20.3. The van der Waals surface area contributed by atoms with Crippen LogP contribution >= 0.6 is 0 Å². The average Bonchev–Trinajstić information content (AvgIpc) is 2.76. The zero-order valence-electron chi connectivity index (χ0n) is 17.1. The number of allylic oxidation sites excluding steroid dienone is 1. The summed E-state index contributed by atoms with van der Waals surface area (Å²) in [5.41, 5.74) is 5.26. The first-order valence-corrected chi connectivity index (χ1v) is 10.2.